The minimum Gasteiger partial charge on any atom is -0.202 e. The maximum Gasteiger partial charge on any atom is 0.264 e. The van der Waals surface area contributed by atoms with E-state index < -0.39 is 5.92 Å². The lowest BCUT2D eigenvalue weighted by Gasteiger charge is -1.98. The van der Waals surface area contributed by atoms with Gasteiger partial charge in [0.25, 0.3) is 5.92 Å². The van der Waals surface area contributed by atoms with Crippen molar-refractivity contribution in [2.24, 2.45) is 0 Å². The van der Waals surface area contributed by atoms with Gasteiger partial charge in [0.1, 0.15) is 0 Å². The molecule has 0 heterocycles. The third-order valence-corrected chi connectivity index (χ3v) is 0.451. The standard InChI is InChI=1S/C5H5F2N/c1-5(6,7)3-2-4-8/h2-3H,1H3/b3-2+. The van der Waals surface area contributed by atoms with Crippen LogP contribution in [0.4, 0.5) is 8.78 Å². The van der Waals surface area contributed by atoms with Crippen LogP contribution < -0.4 is 0 Å². The van der Waals surface area contributed by atoms with E-state index in [9.17, 15) is 8.78 Å². The SMILES string of the molecule is CC(F)(F)/C=C/C#N. The van der Waals surface area contributed by atoms with Crippen LogP contribution in [-0.2, 0) is 0 Å². The van der Waals surface area contributed by atoms with Crippen LogP contribution in [0.15, 0.2) is 12.2 Å². The summed E-state index contributed by atoms with van der Waals surface area (Å²) in [6.45, 7) is 0.723. The highest BCUT2D eigenvalue weighted by atomic mass is 19.3. The van der Waals surface area contributed by atoms with E-state index in [4.69, 9.17) is 5.26 Å². The first kappa shape index (κ1) is 7.09. The molecule has 0 amide bonds. The summed E-state index contributed by atoms with van der Waals surface area (Å²) in [5, 5.41) is 7.76. The summed E-state index contributed by atoms with van der Waals surface area (Å²) in [4.78, 5) is 0. The highest BCUT2D eigenvalue weighted by Gasteiger charge is 2.14. The van der Waals surface area contributed by atoms with Crippen molar-refractivity contribution >= 4 is 0 Å². The van der Waals surface area contributed by atoms with Gasteiger partial charge in [-0.2, -0.15) is 5.26 Å². The van der Waals surface area contributed by atoms with E-state index in [1.807, 2.05) is 0 Å². The van der Waals surface area contributed by atoms with Gasteiger partial charge in [0, 0.05) is 13.0 Å². The van der Waals surface area contributed by atoms with E-state index in [1.54, 1.807) is 0 Å². The Morgan fingerprint density at radius 3 is 2.25 bits per heavy atom. The van der Waals surface area contributed by atoms with E-state index in [1.165, 1.54) is 6.07 Å². The van der Waals surface area contributed by atoms with Gasteiger partial charge in [-0.1, -0.05) is 0 Å². The summed E-state index contributed by atoms with van der Waals surface area (Å²) >= 11 is 0. The van der Waals surface area contributed by atoms with Gasteiger partial charge < -0.3 is 0 Å². The van der Waals surface area contributed by atoms with Gasteiger partial charge in [-0.3, -0.25) is 0 Å². The van der Waals surface area contributed by atoms with E-state index >= 15 is 0 Å². The number of alkyl halides is 2. The number of nitriles is 1. The van der Waals surface area contributed by atoms with Gasteiger partial charge in [0.2, 0.25) is 0 Å². The van der Waals surface area contributed by atoms with Crippen molar-refractivity contribution in [2.45, 2.75) is 12.8 Å². The maximum absolute atomic E-state index is 11.7. The average Bonchev–Trinajstić information content (AvgIpc) is 1.59. The number of nitrogens with zero attached hydrogens (tertiary/aromatic N) is 1. The minimum atomic E-state index is -2.85. The van der Waals surface area contributed by atoms with Crippen LogP contribution in [0.1, 0.15) is 6.92 Å². The van der Waals surface area contributed by atoms with Gasteiger partial charge >= 0.3 is 0 Å². The molecule has 1 nitrogen and oxygen atoms in total. The molecule has 0 bridgehead atoms. The number of rotatable bonds is 1. The van der Waals surface area contributed by atoms with Gasteiger partial charge in [0.15, 0.2) is 0 Å². The smallest absolute Gasteiger partial charge is 0.202 e. The first-order valence-corrected chi connectivity index (χ1v) is 2.01. The summed E-state index contributed by atoms with van der Waals surface area (Å²) < 4.78 is 23.3. The Morgan fingerprint density at radius 2 is 2.12 bits per heavy atom. The fourth-order valence-electron chi connectivity index (χ4n) is 0.184. The van der Waals surface area contributed by atoms with E-state index in [0.29, 0.717) is 6.08 Å². The lowest BCUT2D eigenvalue weighted by molar-refractivity contribution is 0.0775. The van der Waals surface area contributed by atoms with Crippen molar-refractivity contribution in [3.63, 3.8) is 0 Å². The molecule has 44 valence electrons. The summed E-state index contributed by atoms with van der Waals surface area (Å²) in [5.74, 6) is -2.85. The highest BCUT2D eigenvalue weighted by molar-refractivity contribution is 5.05. The average molecular weight is 117 g/mol. The number of hydrogen-bond acceptors (Lipinski definition) is 1. The maximum atomic E-state index is 11.7. The molecule has 0 rings (SSSR count). The topological polar surface area (TPSA) is 23.8 Å². The summed E-state index contributed by atoms with van der Waals surface area (Å²) in [6.07, 6.45) is 1.31. The second kappa shape index (κ2) is 2.41. The normalized spacial score (nSPS) is 11.8. The molecular weight excluding hydrogens is 112 g/mol. The fraction of sp³-hybridized carbons (Fsp3) is 0.400. The van der Waals surface area contributed by atoms with Crippen LogP contribution in [0, 0.1) is 11.3 Å². The van der Waals surface area contributed by atoms with Crippen molar-refractivity contribution in [1.82, 2.24) is 0 Å². The minimum absolute atomic E-state index is 0.549. The summed E-state index contributed by atoms with van der Waals surface area (Å²) in [5.41, 5.74) is 0. The van der Waals surface area contributed by atoms with Crippen molar-refractivity contribution in [3.05, 3.63) is 12.2 Å². The van der Waals surface area contributed by atoms with Crippen LogP contribution in [0.5, 0.6) is 0 Å². The molecule has 8 heavy (non-hydrogen) atoms. The van der Waals surface area contributed by atoms with Crippen LogP contribution in [-0.4, -0.2) is 5.92 Å². The first-order valence-electron chi connectivity index (χ1n) is 2.01. The molecule has 0 aliphatic carbocycles. The quantitative estimate of drug-likeness (QED) is 0.480. The molecule has 0 aromatic heterocycles. The van der Waals surface area contributed by atoms with Gasteiger partial charge in [-0.15, -0.1) is 0 Å². The second-order valence-corrected chi connectivity index (χ2v) is 1.42. The zero-order valence-corrected chi connectivity index (χ0v) is 4.36. The van der Waals surface area contributed by atoms with Crippen molar-refractivity contribution < 1.29 is 8.78 Å². The van der Waals surface area contributed by atoms with E-state index in [2.05, 4.69) is 0 Å². The molecule has 0 unspecified atom stereocenters. The lowest BCUT2D eigenvalue weighted by atomic mass is 10.3. The Balaban J connectivity index is 3.75. The molecule has 0 aromatic rings. The monoisotopic (exact) mass is 117 g/mol. The molecule has 0 saturated heterocycles. The Bertz CT molecular complexity index is 126. The fourth-order valence-corrected chi connectivity index (χ4v) is 0.184. The van der Waals surface area contributed by atoms with Crippen molar-refractivity contribution in [3.8, 4) is 6.07 Å². The Labute approximate surface area is 46.2 Å². The van der Waals surface area contributed by atoms with Crippen LogP contribution >= 0.6 is 0 Å². The third-order valence-electron chi connectivity index (χ3n) is 0.451. The molecule has 0 spiro atoms. The number of hydrogen-bond donors (Lipinski definition) is 0. The van der Waals surface area contributed by atoms with Crippen LogP contribution in [0.2, 0.25) is 0 Å². The lowest BCUT2D eigenvalue weighted by Crippen LogP contribution is -2.02. The molecule has 0 aliphatic rings. The zero-order chi connectivity index (χ0) is 6.62. The zero-order valence-electron chi connectivity index (χ0n) is 4.36. The van der Waals surface area contributed by atoms with E-state index in [0.717, 1.165) is 13.0 Å². The van der Waals surface area contributed by atoms with Gasteiger partial charge in [-0.05, 0) is 6.08 Å². The molecule has 0 fully saturated rings. The first-order chi connectivity index (χ1) is 3.56. The molecule has 0 radical (unpaired) electrons. The molecule has 3 heteroatoms. The van der Waals surface area contributed by atoms with Crippen LogP contribution in [0.3, 0.4) is 0 Å². The summed E-state index contributed by atoms with van der Waals surface area (Å²) in [6, 6.07) is 1.46. The Hall–Kier alpha value is -0.910. The molecule has 0 aliphatic heterocycles. The van der Waals surface area contributed by atoms with Crippen LogP contribution in [0.25, 0.3) is 0 Å². The largest absolute Gasteiger partial charge is 0.264 e. The molecular formula is C5H5F2N. The Kier molecular flexibility index (Phi) is 2.14. The number of halogens is 2. The second-order valence-electron chi connectivity index (χ2n) is 1.42. The van der Waals surface area contributed by atoms with E-state index in [-0.39, 0.29) is 0 Å². The molecule has 0 atom stereocenters. The molecule has 0 saturated carbocycles. The highest BCUT2D eigenvalue weighted by Crippen LogP contribution is 2.11. The Morgan fingerprint density at radius 1 is 1.62 bits per heavy atom. The molecule has 0 N–H and O–H groups in total. The predicted molar refractivity (Wildman–Crippen MR) is 25.4 cm³/mol. The predicted octanol–water partition coefficient (Wildman–Crippen LogP) is 1.72. The van der Waals surface area contributed by atoms with Gasteiger partial charge in [0.05, 0.1) is 6.07 Å². The number of allylic oxidation sites excluding steroid dienone is 2. The van der Waals surface area contributed by atoms with Gasteiger partial charge in [-0.25, -0.2) is 8.78 Å². The molecule has 0 aromatic carbocycles. The summed E-state index contributed by atoms with van der Waals surface area (Å²) in [7, 11) is 0. The third kappa shape index (κ3) is 5.09. The van der Waals surface area contributed by atoms with Crippen molar-refractivity contribution in [2.75, 3.05) is 0 Å². The van der Waals surface area contributed by atoms with Crippen molar-refractivity contribution in [1.29, 1.82) is 5.26 Å².